The number of aliphatic hydroxyl groups excluding tert-OH is 1. The van der Waals surface area contributed by atoms with Gasteiger partial charge in [-0.25, -0.2) is 0 Å². The smallest absolute Gasteiger partial charge is 0.325 e. The van der Waals surface area contributed by atoms with E-state index in [4.69, 9.17) is 5.11 Å². The number of carbonyl (C=O) groups excluding carboxylic acids is 1. The van der Waals surface area contributed by atoms with Crippen LogP contribution in [0.25, 0.3) is 0 Å². The Labute approximate surface area is 72.9 Å². The van der Waals surface area contributed by atoms with Crippen molar-refractivity contribution in [1.82, 2.24) is 5.32 Å². The van der Waals surface area contributed by atoms with Gasteiger partial charge in [0.1, 0.15) is 6.04 Å². The molecule has 0 saturated carbocycles. The Balaban J connectivity index is 3.60. The third kappa shape index (κ3) is 4.31. The summed E-state index contributed by atoms with van der Waals surface area (Å²) >= 11 is 0. The molecule has 12 heavy (non-hydrogen) atoms. The van der Waals surface area contributed by atoms with Gasteiger partial charge in [-0.05, 0) is 13.0 Å². The van der Waals surface area contributed by atoms with Crippen LogP contribution in [0, 0.1) is 0 Å². The second-order valence-electron chi connectivity index (χ2n) is 2.57. The highest BCUT2D eigenvalue weighted by molar-refractivity contribution is 5.75. The van der Waals surface area contributed by atoms with Crippen molar-refractivity contribution in [3.05, 3.63) is 0 Å². The molecule has 0 amide bonds. The SMILES string of the molecule is CCCCN[C@@H](CO)C(=O)OC. The molecule has 1 atom stereocenters. The molecule has 0 saturated heterocycles. The van der Waals surface area contributed by atoms with Gasteiger partial charge in [0.05, 0.1) is 13.7 Å². The summed E-state index contributed by atoms with van der Waals surface area (Å²) in [6.45, 7) is 2.58. The molecule has 72 valence electrons. The largest absolute Gasteiger partial charge is 0.468 e. The molecule has 2 N–H and O–H groups in total. The maximum Gasteiger partial charge on any atom is 0.325 e. The molecule has 0 unspecified atom stereocenters. The lowest BCUT2D eigenvalue weighted by molar-refractivity contribution is -0.144. The summed E-state index contributed by atoms with van der Waals surface area (Å²) < 4.78 is 4.47. The zero-order chi connectivity index (χ0) is 9.40. The summed E-state index contributed by atoms with van der Waals surface area (Å²) in [5.74, 6) is -0.409. The highest BCUT2D eigenvalue weighted by atomic mass is 16.5. The normalized spacial score (nSPS) is 12.6. The number of aliphatic hydroxyl groups is 1. The Morgan fingerprint density at radius 1 is 1.67 bits per heavy atom. The van der Waals surface area contributed by atoms with Crippen LogP contribution in [0.1, 0.15) is 19.8 Å². The number of esters is 1. The van der Waals surface area contributed by atoms with E-state index in [1.807, 2.05) is 0 Å². The van der Waals surface area contributed by atoms with E-state index in [9.17, 15) is 4.79 Å². The van der Waals surface area contributed by atoms with Crippen molar-refractivity contribution in [1.29, 1.82) is 0 Å². The Morgan fingerprint density at radius 2 is 2.33 bits per heavy atom. The van der Waals surface area contributed by atoms with Crippen LogP contribution in [0.15, 0.2) is 0 Å². The lowest BCUT2D eigenvalue weighted by atomic mass is 10.3. The van der Waals surface area contributed by atoms with Crippen LogP contribution in [0.3, 0.4) is 0 Å². The number of ether oxygens (including phenoxy) is 1. The van der Waals surface area contributed by atoms with Crippen LogP contribution in [-0.2, 0) is 9.53 Å². The van der Waals surface area contributed by atoms with E-state index >= 15 is 0 Å². The second-order valence-corrected chi connectivity index (χ2v) is 2.57. The number of nitrogens with one attached hydrogen (secondary N) is 1. The van der Waals surface area contributed by atoms with Crippen LogP contribution in [0.4, 0.5) is 0 Å². The van der Waals surface area contributed by atoms with E-state index in [2.05, 4.69) is 17.0 Å². The first kappa shape index (κ1) is 11.4. The maximum atomic E-state index is 10.9. The van der Waals surface area contributed by atoms with E-state index < -0.39 is 12.0 Å². The van der Waals surface area contributed by atoms with E-state index in [1.165, 1.54) is 7.11 Å². The lowest BCUT2D eigenvalue weighted by Gasteiger charge is -2.12. The van der Waals surface area contributed by atoms with Crippen molar-refractivity contribution in [2.75, 3.05) is 20.3 Å². The van der Waals surface area contributed by atoms with Gasteiger partial charge in [0.15, 0.2) is 0 Å². The van der Waals surface area contributed by atoms with Gasteiger partial charge in [-0.3, -0.25) is 4.79 Å². The standard InChI is InChI=1S/C8H17NO3/c1-3-4-5-9-7(6-10)8(11)12-2/h7,9-10H,3-6H2,1-2H3/t7-/m0/s1. The average Bonchev–Trinajstić information content (AvgIpc) is 2.11. The highest BCUT2D eigenvalue weighted by Gasteiger charge is 2.15. The fraction of sp³-hybridized carbons (Fsp3) is 0.875. The fourth-order valence-electron chi connectivity index (χ4n) is 0.818. The average molecular weight is 175 g/mol. The molecule has 0 aliphatic carbocycles. The van der Waals surface area contributed by atoms with Gasteiger partial charge in [-0.1, -0.05) is 13.3 Å². The van der Waals surface area contributed by atoms with E-state index in [0.717, 1.165) is 19.4 Å². The van der Waals surface area contributed by atoms with E-state index in [0.29, 0.717) is 0 Å². The van der Waals surface area contributed by atoms with Gasteiger partial charge >= 0.3 is 5.97 Å². The van der Waals surface area contributed by atoms with E-state index in [1.54, 1.807) is 0 Å². The van der Waals surface area contributed by atoms with Crippen molar-refractivity contribution in [2.45, 2.75) is 25.8 Å². The Bertz CT molecular complexity index is 127. The van der Waals surface area contributed by atoms with Crippen LogP contribution in [-0.4, -0.2) is 37.4 Å². The Kier molecular flexibility index (Phi) is 6.70. The number of unbranched alkanes of at least 4 members (excludes halogenated alkanes) is 1. The molecule has 0 spiro atoms. The fourth-order valence-corrected chi connectivity index (χ4v) is 0.818. The minimum absolute atomic E-state index is 0.212. The molecule has 0 radical (unpaired) electrons. The molecule has 4 nitrogen and oxygen atoms in total. The highest BCUT2D eigenvalue weighted by Crippen LogP contribution is 1.89. The summed E-state index contributed by atoms with van der Waals surface area (Å²) in [5, 5.41) is 11.7. The van der Waals surface area contributed by atoms with Gasteiger partial charge in [-0.15, -0.1) is 0 Å². The molecule has 0 bridgehead atoms. The minimum Gasteiger partial charge on any atom is -0.468 e. The van der Waals surface area contributed by atoms with Gasteiger partial charge < -0.3 is 15.2 Å². The second kappa shape index (κ2) is 7.06. The Morgan fingerprint density at radius 3 is 2.75 bits per heavy atom. The molecule has 0 aromatic carbocycles. The zero-order valence-corrected chi connectivity index (χ0v) is 7.67. The third-order valence-electron chi connectivity index (χ3n) is 1.59. The molecule has 0 rings (SSSR count). The first-order chi connectivity index (χ1) is 5.76. The van der Waals surface area contributed by atoms with Gasteiger partial charge in [-0.2, -0.15) is 0 Å². The van der Waals surface area contributed by atoms with Crippen LogP contribution in [0.5, 0.6) is 0 Å². The number of rotatable bonds is 6. The Hall–Kier alpha value is -0.610. The first-order valence-electron chi connectivity index (χ1n) is 4.18. The summed E-state index contributed by atoms with van der Waals surface area (Å²) in [5.41, 5.74) is 0. The van der Waals surface area contributed by atoms with E-state index in [-0.39, 0.29) is 6.61 Å². The van der Waals surface area contributed by atoms with Gasteiger partial charge in [0.2, 0.25) is 0 Å². The van der Waals surface area contributed by atoms with Crippen LogP contribution >= 0.6 is 0 Å². The monoisotopic (exact) mass is 175 g/mol. The van der Waals surface area contributed by atoms with Crippen molar-refractivity contribution in [3.63, 3.8) is 0 Å². The van der Waals surface area contributed by atoms with Crippen molar-refractivity contribution in [3.8, 4) is 0 Å². The van der Waals surface area contributed by atoms with Gasteiger partial charge in [0, 0.05) is 0 Å². The molecule has 0 aromatic rings. The van der Waals surface area contributed by atoms with Crippen LogP contribution in [0.2, 0.25) is 0 Å². The summed E-state index contributed by atoms with van der Waals surface area (Å²) in [6, 6.07) is -0.568. The molecule has 0 aliphatic heterocycles. The quantitative estimate of drug-likeness (QED) is 0.437. The lowest BCUT2D eigenvalue weighted by Crippen LogP contribution is -2.41. The molecule has 0 aliphatic rings. The third-order valence-corrected chi connectivity index (χ3v) is 1.59. The predicted octanol–water partition coefficient (Wildman–Crippen LogP) is -0.0900. The molecule has 4 heteroatoms. The summed E-state index contributed by atoms with van der Waals surface area (Å²) in [7, 11) is 1.31. The molecular formula is C8H17NO3. The number of hydrogen-bond acceptors (Lipinski definition) is 4. The molecule has 0 fully saturated rings. The minimum atomic E-state index is -0.568. The number of carbonyl (C=O) groups is 1. The predicted molar refractivity (Wildman–Crippen MR) is 45.8 cm³/mol. The maximum absolute atomic E-state index is 10.9. The van der Waals surface area contributed by atoms with Crippen molar-refractivity contribution < 1.29 is 14.6 Å². The first-order valence-corrected chi connectivity index (χ1v) is 4.18. The molecule has 0 aromatic heterocycles. The van der Waals surface area contributed by atoms with Crippen LogP contribution < -0.4 is 5.32 Å². The van der Waals surface area contributed by atoms with Crippen molar-refractivity contribution in [2.24, 2.45) is 0 Å². The number of hydrogen-bond donors (Lipinski definition) is 2. The topological polar surface area (TPSA) is 58.6 Å². The van der Waals surface area contributed by atoms with Crippen molar-refractivity contribution >= 4 is 5.97 Å². The molecule has 0 heterocycles. The van der Waals surface area contributed by atoms with Gasteiger partial charge in [0.25, 0.3) is 0 Å². The summed E-state index contributed by atoms with van der Waals surface area (Å²) in [4.78, 5) is 10.9. The molecular weight excluding hydrogens is 158 g/mol. The summed E-state index contributed by atoms with van der Waals surface area (Å²) in [6.07, 6.45) is 2.06. The zero-order valence-electron chi connectivity index (χ0n) is 7.67. The number of methoxy groups -OCH3 is 1.